The van der Waals surface area contributed by atoms with E-state index >= 15 is 0 Å². The summed E-state index contributed by atoms with van der Waals surface area (Å²) in [5, 5.41) is 4.48. The summed E-state index contributed by atoms with van der Waals surface area (Å²) in [7, 11) is 3.08. The summed E-state index contributed by atoms with van der Waals surface area (Å²) in [5.74, 6) is 0.727. The monoisotopic (exact) mass is 371 g/mol. The zero-order valence-corrected chi connectivity index (χ0v) is 15.3. The lowest BCUT2D eigenvalue weighted by Gasteiger charge is -2.37. The Morgan fingerprint density at radius 2 is 1.89 bits per heavy atom. The van der Waals surface area contributed by atoms with Gasteiger partial charge in [0.25, 0.3) is 5.91 Å². The van der Waals surface area contributed by atoms with Gasteiger partial charge in [0.05, 0.1) is 26.4 Å². The second kappa shape index (κ2) is 7.86. The first kappa shape index (κ1) is 18.4. The van der Waals surface area contributed by atoms with Gasteiger partial charge in [-0.15, -0.1) is 0 Å². The van der Waals surface area contributed by atoms with E-state index in [1.54, 1.807) is 44.4 Å². The van der Waals surface area contributed by atoms with Crippen molar-refractivity contribution in [2.45, 2.75) is 13.1 Å². The van der Waals surface area contributed by atoms with Gasteiger partial charge in [-0.2, -0.15) is 0 Å². The van der Waals surface area contributed by atoms with Crippen LogP contribution >= 0.6 is 0 Å². The molecule has 0 saturated heterocycles. The van der Waals surface area contributed by atoms with Crippen LogP contribution < -0.4 is 20.2 Å². The van der Waals surface area contributed by atoms with Crippen molar-refractivity contribution in [2.24, 2.45) is 0 Å². The lowest BCUT2D eigenvalue weighted by molar-refractivity contribution is 0.0506. The van der Waals surface area contributed by atoms with Gasteiger partial charge in [0, 0.05) is 11.3 Å². The number of benzene rings is 2. The summed E-state index contributed by atoms with van der Waals surface area (Å²) < 4.78 is 15.5. The number of rotatable bonds is 5. The summed E-state index contributed by atoms with van der Waals surface area (Å²) >= 11 is 0. The van der Waals surface area contributed by atoms with Crippen molar-refractivity contribution in [1.82, 2.24) is 10.4 Å². The molecule has 0 saturated carbocycles. The average molecular weight is 371 g/mol. The normalized spacial score (nSPS) is 15.4. The summed E-state index contributed by atoms with van der Waals surface area (Å²) in [5.41, 5.74) is 4.33. The van der Waals surface area contributed by atoms with Crippen molar-refractivity contribution >= 4 is 17.7 Å². The van der Waals surface area contributed by atoms with Crippen LogP contribution in [-0.2, 0) is 4.74 Å². The Balaban J connectivity index is 2.02. The van der Waals surface area contributed by atoms with E-state index in [0.717, 1.165) is 0 Å². The van der Waals surface area contributed by atoms with Crippen molar-refractivity contribution in [1.29, 1.82) is 0 Å². The van der Waals surface area contributed by atoms with E-state index in [0.29, 0.717) is 28.3 Å². The Bertz CT molecular complexity index is 855. The van der Waals surface area contributed by atoms with E-state index in [1.165, 1.54) is 12.1 Å². The molecule has 0 aromatic heterocycles. The van der Waals surface area contributed by atoms with Gasteiger partial charge in [0.2, 0.25) is 0 Å². The number of nitrogens with zero attached hydrogens (tertiary/aromatic N) is 1. The third-order valence-corrected chi connectivity index (χ3v) is 4.14. The summed E-state index contributed by atoms with van der Waals surface area (Å²) in [6, 6.07) is 12.4. The topological polar surface area (TPSA) is 89.1 Å². The fraction of sp³-hybridized carbons (Fsp3) is 0.263. The number of carbonyl (C=O) groups is 2. The fourth-order valence-electron chi connectivity index (χ4n) is 2.89. The van der Waals surface area contributed by atoms with Crippen LogP contribution in [0.5, 0.6) is 11.5 Å². The minimum absolute atomic E-state index is 0.193. The number of nitrogens with one attached hydrogen (secondary N) is 2. The minimum Gasteiger partial charge on any atom is -0.493 e. The zero-order chi connectivity index (χ0) is 19.4. The van der Waals surface area contributed by atoms with Crippen LogP contribution in [0.4, 0.5) is 10.5 Å². The number of methoxy groups -OCH3 is 2. The Morgan fingerprint density at radius 3 is 2.59 bits per heavy atom. The second-order valence-electron chi connectivity index (χ2n) is 5.71. The standard InChI is InChI=1S/C19H21N3O5/c1-4-27-19(24)21-22-17(12-9-10-15(25-2)16(11-12)26-3)20-14-8-6-5-7-13(14)18(22)23/h5-11,17,20H,4H2,1-3H3,(H,21,24)/t17-/m1/s1. The molecule has 0 radical (unpaired) electrons. The lowest BCUT2D eigenvalue weighted by Crippen LogP contribution is -2.53. The van der Waals surface area contributed by atoms with Crippen molar-refractivity contribution in [2.75, 3.05) is 26.1 Å². The van der Waals surface area contributed by atoms with E-state index in [4.69, 9.17) is 14.2 Å². The second-order valence-corrected chi connectivity index (χ2v) is 5.71. The number of amides is 2. The van der Waals surface area contributed by atoms with Gasteiger partial charge in [-0.25, -0.2) is 15.2 Å². The molecule has 1 aliphatic heterocycles. The predicted octanol–water partition coefficient (Wildman–Crippen LogP) is 2.93. The average Bonchev–Trinajstić information content (AvgIpc) is 2.69. The molecule has 8 heteroatoms. The molecule has 0 fully saturated rings. The maximum Gasteiger partial charge on any atom is 0.426 e. The van der Waals surface area contributed by atoms with E-state index in [-0.39, 0.29) is 12.5 Å². The number of hydrogen-bond acceptors (Lipinski definition) is 6. The number of para-hydroxylation sites is 1. The van der Waals surface area contributed by atoms with Crippen LogP contribution in [-0.4, -0.2) is 37.8 Å². The highest BCUT2D eigenvalue weighted by molar-refractivity contribution is 6.02. The van der Waals surface area contributed by atoms with Crippen LogP contribution in [0, 0.1) is 0 Å². The quantitative estimate of drug-likeness (QED) is 0.840. The van der Waals surface area contributed by atoms with Gasteiger partial charge in [0.15, 0.2) is 11.5 Å². The first-order chi connectivity index (χ1) is 13.1. The highest BCUT2D eigenvalue weighted by Gasteiger charge is 2.35. The van der Waals surface area contributed by atoms with Gasteiger partial charge >= 0.3 is 6.09 Å². The maximum atomic E-state index is 13.0. The van der Waals surface area contributed by atoms with Crippen molar-refractivity contribution in [3.8, 4) is 11.5 Å². The highest BCUT2D eigenvalue weighted by atomic mass is 16.6. The molecule has 2 amide bonds. The molecule has 1 heterocycles. The molecule has 142 valence electrons. The molecule has 27 heavy (non-hydrogen) atoms. The Labute approximate surface area is 157 Å². The third kappa shape index (κ3) is 3.59. The van der Waals surface area contributed by atoms with Crippen LogP contribution in [0.2, 0.25) is 0 Å². The molecule has 1 atom stereocenters. The highest BCUT2D eigenvalue weighted by Crippen LogP contribution is 2.35. The van der Waals surface area contributed by atoms with E-state index in [9.17, 15) is 9.59 Å². The van der Waals surface area contributed by atoms with Gasteiger partial charge in [-0.1, -0.05) is 18.2 Å². The molecule has 2 aromatic rings. The summed E-state index contributed by atoms with van der Waals surface area (Å²) in [6.07, 6.45) is -1.37. The van der Waals surface area contributed by atoms with Crippen LogP contribution in [0.15, 0.2) is 42.5 Å². The third-order valence-electron chi connectivity index (χ3n) is 4.14. The molecule has 2 N–H and O–H groups in total. The molecule has 0 spiro atoms. The molecule has 1 aliphatic rings. The van der Waals surface area contributed by atoms with Gasteiger partial charge in [-0.05, 0) is 31.2 Å². The van der Waals surface area contributed by atoms with Crippen molar-refractivity contribution < 1.29 is 23.8 Å². The van der Waals surface area contributed by atoms with Crippen molar-refractivity contribution in [3.63, 3.8) is 0 Å². The molecule has 0 aliphatic carbocycles. The maximum absolute atomic E-state index is 13.0. The van der Waals surface area contributed by atoms with Crippen LogP contribution in [0.3, 0.4) is 0 Å². The molecule has 2 aromatic carbocycles. The Hall–Kier alpha value is -3.42. The number of hydrazine groups is 1. The molecule has 3 rings (SSSR count). The van der Waals surface area contributed by atoms with Crippen LogP contribution in [0.1, 0.15) is 29.0 Å². The number of ether oxygens (including phenoxy) is 3. The summed E-state index contributed by atoms with van der Waals surface area (Å²) in [4.78, 5) is 24.9. The SMILES string of the molecule is CCOC(=O)NN1C(=O)c2ccccc2N[C@H]1c1ccc(OC)c(OC)c1. The Morgan fingerprint density at radius 1 is 1.15 bits per heavy atom. The molecule has 0 bridgehead atoms. The molecular formula is C19H21N3O5. The van der Waals surface area contributed by atoms with Crippen LogP contribution in [0.25, 0.3) is 0 Å². The van der Waals surface area contributed by atoms with Crippen molar-refractivity contribution in [3.05, 3.63) is 53.6 Å². The summed E-state index contributed by atoms with van der Waals surface area (Å²) in [6.45, 7) is 1.88. The molecule has 8 nitrogen and oxygen atoms in total. The van der Waals surface area contributed by atoms with Gasteiger partial charge < -0.3 is 19.5 Å². The largest absolute Gasteiger partial charge is 0.493 e. The zero-order valence-electron chi connectivity index (χ0n) is 15.3. The lowest BCUT2D eigenvalue weighted by atomic mass is 10.0. The molecule has 0 unspecified atom stereocenters. The van der Waals surface area contributed by atoms with Gasteiger partial charge in [-0.3, -0.25) is 4.79 Å². The minimum atomic E-state index is -0.711. The first-order valence-corrected chi connectivity index (χ1v) is 8.43. The van der Waals surface area contributed by atoms with E-state index in [1.807, 2.05) is 12.1 Å². The number of carbonyl (C=O) groups excluding carboxylic acids is 2. The van der Waals surface area contributed by atoms with E-state index in [2.05, 4.69) is 10.7 Å². The smallest absolute Gasteiger partial charge is 0.426 e. The number of anilines is 1. The predicted molar refractivity (Wildman–Crippen MR) is 98.7 cm³/mol. The molecular weight excluding hydrogens is 350 g/mol. The number of fused-ring (bicyclic) bond motifs is 1. The Kier molecular flexibility index (Phi) is 5.35. The number of hydrogen-bond donors (Lipinski definition) is 2. The fourth-order valence-corrected chi connectivity index (χ4v) is 2.89. The first-order valence-electron chi connectivity index (χ1n) is 8.43. The van der Waals surface area contributed by atoms with Gasteiger partial charge in [0.1, 0.15) is 6.17 Å². The van der Waals surface area contributed by atoms with E-state index < -0.39 is 12.3 Å².